The lowest BCUT2D eigenvalue weighted by molar-refractivity contribution is 0.0698. The fourth-order valence-electron chi connectivity index (χ4n) is 3.05. The van der Waals surface area contributed by atoms with Gasteiger partial charge in [-0.3, -0.25) is 0 Å². The Morgan fingerprint density at radius 3 is 2.90 bits per heavy atom. The normalized spacial score (nSPS) is 13.5. The third-order valence-electron chi connectivity index (χ3n) is 4.11. The highest BCUT2D eigenvalue weighted by atomic mass is 16.4. The van der Waals surface area contributed by atoms with Crippen LogP contribution in [0.4, 0.5) is 0 Å². The van der Waals surface area contributed by atoms with Gasteiger partial charge in [-0.15, -0.1) is 0 Å². The lowest BCUT2D eigenvalue weighted by Gasteiger charge is -2.01. The molecule has 4 heteroatoms. The minimum Gasteiger partial charge on any atom is -0.478 e. The topological polar surface area (TPSA) is 54.6 Å². The summed E-state index contributed by atoms with van der Waals surface area (Å²) < 4.78 is 1.77. The number of pyridine rings is 1. The van der Waals surface area contributed by atoms with E-state index in [0.717, 1.165) is 24.1 Å². The number of carboxylic acid groups (broad SMARTS) is 1. The quantitative estimate of drug-likeness (QED) is 0.783. The van der Waals surface area contributed by atoms with Crippen LogP contribution in [0, 0.1) is 0 Å². The average Bonchev–Trinajstić information content (AvgIpc) is 3.11. The molecule has 1 aromatic carbocycles. The van der Waals surface area contributed by atoms with Crippen molar-refractivity contribution in [2.75, 3.05) is 0 Å². The first-order valence-corrected chi connectivity index (χ1v) is 7.05. The summed E-state index contributed by atoms with van der Waals surface area (Å²) in [5.74, 6) is -0.952. The Morgan fingerprint density at radius 2 is 2.05 bits per heavy atom. The first kappa shape index (κ1) is 12.1. The van der Waals surface area contributed by atoms with Crippen molar-refractivity contribution in [1.29, 1.82) is 0 Å². The molecule has 2 aromatic heterocycles. The van der Waals surface area contributed by atoms with E-state index in [1.807, 2.05) is 12.4 Å². The minimum atomic E-state index is -0.952. The molecular weight excluding hydrogens is 264 g/mol. The van der Waals surface area contributed by atoms with Crippen molar-refractivity contribution in [1.82, 2.24) is 9.38 Å². The molecule has 1 aliphatic carbocycles. The lowest BCUT2D eigenvalue weighted by Crippen LogP contribution is -1.99. The second-order valence-corrected chi connectivity index (χ2v) is 5.42. The fraction of sp³-hybridized carbons (Fsp3) is 0.176. The van der Waals surface area contributed by atoms with Gasteiger partial charge in [-0.1, -0.05) is 12.1 Å². The van der Waals surface area contributed by atoms with E-state index in [1.165, 1.54) is 17.5 Å². The summed E-state index contributed by atoms with van der Waals surface area (Å²) in [7, 11) is 0. The third-order valence-corrected chi connectivity index (χ3v) is 4.11. The number of fused-ring (bicyclic) bond motifs is 2. The number of rotatable bonds is 2. The van der Waals surface area contributed by atoms with Crippen LogP contribution in [-0.2, 0) is 12.8 Å². The summed E-state index contributed by atoms with van der Waals surface area (Å²) in [5, 5.41) is 9.24. The van der Waals surface area contributed by atoms with Gasteiger partial charge in [0.2, 0.25) is 0 Å². The zero-order valence-electron chi connectivity index (χ0n) is 11.4. The van der Waals surface area contributed by atoms with Gasteiger partial charge in [-0.25, -0.2) is 9.78 Å². The summed E-state index contributed by atoms with van der Waals surface area (Å²) in [6.45, 7) is 0. The Kier molecular flexibility index (Phi) is 2.57. The van der Waals surface area contributed by atoms with Crippen molar-refractivity contribution in [3.05, 3.63) is 59.4 Å². The van der Waals surface area contributed by atoms with Crippen LogP contribution in [0.15, 0.2) is 42.7 Å². The monoisotopic (exact) mass is 278 g/mol. The maximum absolute atomic E-state index is 11.3. The standard InChI is InChI=1S/C17H14N2O2/c20-17(21)14-5-2-8-19-10-15(18-16(14)19)13-7-6-11-3-1-4-12(11)9-13/h2,5-10H,1,3-4H2,(H,20,21). The van der Waals surface area contributed by atoms with Crippen molar-refractivity contribution >= 4 is 11.6 Å². The number of benzene rings is 1. The molecule has 0 bridgehead atoms. The van der Waals surface area contributed by atoms with Gasteiger partial charge >= 0.3 is 5.97 Å². The average molecular weight is 278 g/mol. The predicted octanol–water partition coefficient (Wildman–Crippen LogP) is 3.19. The number of aromatic carboxylic acids is 1. The van der Waals surface area contributed by atoms with Gasteiger partial charge in [0, 0.05) is 18.0 Å². The van der Waals surface area contributed by atoms with Gasteiger partial charge in [0.15, 0.2) is 5.65 Å². The zero-order chi connectivity index (χ0) is 14.4. The van der Waals surface area contributed by atoms with Gasteiger partial charge in [-0.05, 0) is 48.6 Å². The number of aryl methyl sites for hydroxylation is 2. The molecule has 0 unspecified atom stereocenters. The number of hydrogen-bond acceptors (Lipinski definition) is 2. The molecule has 0 atom stereocenters. The molecule has 4 rings (SSSR count). The van der Waals surface area contributed by atoms with Crippen molar-refractivity contribution in [2.24, 2.45) is 0 Å². The van der Waals surface area contributed by atoms with E-state index in [1.54, 1.807) is 16.5 Å². The molecule has 21 heavy (non-hydrogen) atoms. The van der Waals surface area contributed by atoms with Crippen LogP contribution in [0.25, 0.3) is 16.9 Å². The molecular formula is C17H14N2O2. The number of aromatic nitrogens is 2. The van der Waals surface area contributed by atoms with E-state index in [2.05, 4.69) is 23.2 Å². The molecule has 1 aliphatic rings. The van der Waals surface area contributed by atoms with Crippen molar-refractivity contribution in [2.45, 2.75) is 19.3 Å². The van der Waals surface area contributed by atoms with Crippen LogP contribution in [0.3, 0.4) is 0 Å². The minimum absolute atomic E-state index is 0.227. The smallest absolute Gasteiger partial charge is 0.339 e. The highest BCUT2D eigenvalue weighted by Gasteiger charge is 2.15. The van der Waals surface area contributed by atoms with Crippen LogP contribution < -0.4 is 0 Å². The predicted molar refractivity (Wildman–Crippen MR) is 79.6 cm³/mol. The van der Waals surface area contributed by atoms with Crippen LogP contribution in [0.2, 0.25) is 0 Å². The van der Waals surface area contributed by atoms with Crippen LogP contribution >= 0.6 is 0 Å². The Bertz CT molecular complexity index is 864. The second-order valence-electron chi connectivity index (χ2n) is 5.42. The SMILES string of the molecule is O=C(O)c1cccn2cc(-c3ccc4c(c3)CCC4)nc12. The largest absolute Gasteiger partial charge is 0.478 e. The van der Waals surface area contributed by atoms with Crippen LogP contribution in [-0.4, -0.2) is 20.5 Å². The zero-order valence-corrected chi connectivity index (χ0v) is 11.4. The van der Waals surface area contributed by atoms with Gasteiger partial charge in [0.25, 0.3) is 0 Å². The first-order valence-electron chi connectivity index (χ1n) is 7.05. The molecule has 2 heterocycles. The van der Waals surface area contributed by atoms with Crippen LogP contribution in [0.1, 0.15) is 27.9 Å². The van der Waals surface area contributed by atoms with Crippen molar-refractivity contribution < 1.29 is 9.90 Å². The van der Waals surface area contributed by atoms with E-state index in [4.69, 9.17) is 0 Å². The van der Waals surface area contributed by atoms with Gasteiger partial charge in [0.05, 0.1) is 5.69 Å². The Hall–Kier alpha value is -2.62. The summed E-state index contributed by atoms with van der Waals surface area (Å²) in [4.78, 5) is 15.8. The molecule has 0 radical (unpaired) electrons. The Balaban J connectivity index is 1.87. The van der Waals surface area contributed by atoms with Gasteiger partial charge < -0.3 is 9.51 Å². The van der Waals surface area contributed by atoms with E-state index < -0.39 is 5.97 Å². The van der Waals surface area contributed by atoms with Gasteiger partial charge in [-0.2, -0.15) is 0 Å². The second kappa shape index (κ2) is 4.45. The summed E-state index contributed by atoms with van der Waals surface area (Å²) in [6.07, 6.45) is 7.21. The summed E-state index contributed by atoms with van der Waals surface area (Å²) in [6, 6.07) is 9.73. The Morgan fingerprint density at radius 1 is 1.19 bits per heavy atom. The van der Waals surface area contributed by atoms with E-state index in [9.17, 15) is 9.90 Å². The van der Waals surface area contributed by atoms with Gasteiger partial charge in [0.1, 0.15) is 5.56 Å². The molecule has 104 valence electrons. The number of carboxylic acids is 1. The van der Waals surface area contributed by atoms with E-state index >= 15 is 0 Å². The fourth-order valence-corrected chi connectivity index (χ4v) is 3.05. The Labute approximate surface area is 121 Å². The molecule has 0 spiro atoms. The molecule has 1 N–H and O–H groups in total. The lowest BCUT2D eigenvalue weighted by atomic mass is 10.0. The van der Waals surface area contributed by atoms with Crippen molar-refractivity contribution in [3.63, 3.8) is 0 Å². The molecule has 3 aromatic rings. The highest BCUT2D eigenvalue weighted by molar-refractivity contribution is 5.94. The molecule has 0 amide bonds. The third kappa shape index (κ3) is 1.91. The summed E-state index contributed by atoms with van der Waals surface area (Å²) in [5.41, 5.74) is 5.40. The molecule has 4 nitrogen and oxygen atoms in total. The summed E-state index contributed by atoms with van der Waals surface area (Å²) >= 11 is 0. The molecule has 0 fully saturated rings. The molecule has 0 saturated carbocycles. The number of hydrogen-bond donors (Lipinski definition) is 1. The maximum atomic E-state index is 11.3. The van der Waals surface area contributed by atoms with Crippen LogP contribution in [0.5, 0.6) is 0 Å². The van der Waals surface area contributed by atoms with E-state index in [0.29, 0.717) is 5.65 Å². The van der Waals surface area contributed by atoms with E-state index in [-0.39, 0.29) is 5.56 Å². The first-order chi connectivity index (χ1) is 10.2. The molecule has 0 aliphatic heterocycles. The molecule has 0 saturated heterocycles. The van der Waals surface area contributed by atoms with Crippen molar-refractivity contribution in [3.8, 4) is 11.3 Å². The number of imidazole rings is 1. The highest BCUT2D eigenvalue weighted by Crippen LogP contribution is 2.28. The number of nitrogens with zero attached hydrogens (tertiary/aromatic N) is 2. The number of carbonyl (C=O) groups is 1. The maximum Gasteiger partial charge on any atom is 0.339 e.